The van der Waals surface area contributed by atoms with Crippen molar-refractivity contribution in [3.63, 3.8) is 0 Å². The van der Waals surface area contributed by atoms with E-state index in [4.69, 9.17) is 4.74 Å². The molecule has 48 heavy (non-hydrogen) atoms. The van der Waals surface area contributed by atoms with Gasteiger partial charge in [0.15, 0.2) is 5.69 Å². The Bertz CT molecular complexity index is 1720. The van der Waals surface area contributed by atoms with E-state index in [-0.39, 0.29) is 42.8 Å². The van der Waals surface area contributed by atoms with Crippen LogP contribution in [0.5, 0.6) is 5.75 Å². The summed E-state index contributed by atoms with van der Waals surface area (Å²) in [6, 6.07) is 10.1. The molecule has 3 aromatic rings. The number of nitrogens with zero attached hydrogens (tertiary/aromatic N) is 4. The molecular formula is C32H27F9N4O3. The molecule has 0 bridgehead atoms. The Morgan fingerprint density at radius 3 is 2.38 bits per heavy atom. The van der Waals surface area contributed by atoms with Crippen molar-refractivity contribution in [3.8, 4) is 5.75 Å². The SMILES string of the molecule is O=C(O)c1cnn(C2CC=CC(c3cccc(C(F)(F)F)c3OCc3ccc(C4CCN(C/C=C/C(F)(F)F)C4)cc3)=N2)c1C(F)(F)F. The molecule has 1 N–H and O–H groups in total. The minimum Gasteiger partial charge on any atom is -0.488 e. The highest BCUT2D eigenvalue weighted by Crippen LogP contribution is 2.41. The van der Waals surface area contributed by atoms with Crippen molar-refractivity contribution in [2.24, 2.45) is 4.99 Å². The number of halogens is 9. The number of likely N-dealkylation sites (tertiary alicyclic amines) is 1. The lowest BCUT2D eigenvalue weighted by Crippen LogP contribution is -2.23. The fourth-order valence-corrected chi connectivity index (χ4v) is 5.66. The van der Waals surface area contributed by atoms with Crippen molar-refractivity contribution >= 4 is 11.7 Å². The average Bonchev–Trinajstić information content (AvgIpc) is 3.68. The lowest BCUT2D eigenvalue weighted by Gasteiger charge is -2.22. The van der Waals surface area contributed by atoms with Gasteiger partial charge in [0.1, 0.15) is 24.1 Å². The van der Waals surface area contributed by atoms with Crippen molar-refractivity contribution in [2.75, 3.05) is 19.6 Å². The molecule has 0 aliphatic carbocycles. The summed E-state index contributed by atoms with van der Waals surface area (Å²) in [6.07, 6.45) is -10.6. The van der Waals surface area contributed by atoms with E-state index >= 15 is 0 Å². The van der Waals surface area contributed by atoms with Gasteiger partial charge in [-0.05, 0) is 48.2 Å². The average molecular weight is 687 g/mol. The molecular weight excluding hydrogens is 659 g/mol. The van der Waals surface area contributed by atoms with Crippen molar-refractivity contribution < 1.29 is 54.2 Å². The van der Waals surface area contributed by atoms with E-state index in [1.807, 2.05) is 4.90 Å². The molecule has 2 unspecified atom stereocenters. The molecule has 2 aromatic carbocycles. The zero-order chi connectivity index (χ0) is 34.9. The van der Waals surface area contributed by atoms with Gasteiger partial charge in [0.05, 0.1) is 17.5 Å². The number of rotatable bonds is 9. The molecule has 2 aliphatic heterocycles. The monoisotopic (exact) mass is 686 g/mol. The smallest absolute Gasteiger partial charge is 0.434 e. The first-order valence-electron chi connectivity index (χ1n) is 14.5. The van der Waals surface area contributed by atoms with E-state index < -0.39 is 53.2 Å². The number of carbonyl (C=O) groups is 1. The van der Waals surface area contributed by atoms with Gasteiger partial charge >= 0.3 is 24.5 Å². The number of allylic oxidation sites excluding steroid dienone is 2. The number of alkyl halides is 9. The molecule has 1 aromatic heterocycles. The molecule has 2 aliphatic rings. The highest BCUT2D eigenvalue weighted by Gasteiger charge is 2.42. The first-order chi connectivity index (χ1) is 22.5. The van der Waals surface area contributed by atoms with Gasteiger partial charge in [-0.25, -0.2) is 9.48 Å². The number of para-hydroxylation sites is 1. The van der Waals surface area contributed by atoms with E-state index in [0.29, 0.717) is 29.5 Å². The Kier molecular flexibility index (Phi) is 9.76. The standard InChI is InChI=1S/C32H27F9N4O3/c33-30(34,35)13-3-14-44-15-12-21(17-44)20-10-8-19(9-11-20)18-48-27-22(4-1-5-24(27)31(36,37)38)25-6-2-7-26(43-25)45-28(32(39,40)41)23(16-42-45)29(46)47/h1-6,8-11,13,16,21,26H,7,12,14-15,17-18H2,(H,46,47)/b13-3+. The van der Waals surface area contributed by atoms with Gasteiger partial charge in [-0.15, -0.1) is 0 Å². The van der Waals surface area contributed by atoms with Crippen molar-refractivity contribution in [3.05, 3.63) is 106 Å². The topological polar surface area (TPSA) is 79.9 Å². The third-order valence-corrected chi connectivity index (χ3v) is 7.86. The number of hydrogen-bond donors (Lipinski definition) is 1. The molecule has 256 valence electrons. The van der Waals surface area contributed by atoms with Crippen LogP contribution in [-0.2, 0) is 19.0 Å². The van der Waals surface area contributed by atoms with Gasteiger partial charge in [-0.1, -0.05) is 42.5 Å². The minimum atomic E-state index is -5.10. The lowest BCUT2D eigenvalue weighted by atomic mass is 9.97. The van der Waals surface area contributed by atoms with Crippen LogP contribution in [0, 0.1) is 0 Å². The Morgan fingerprint density at radius 2 is 1.73 bits per heavy atom. The summed E-state index contributed by atoms with van der Waals surface area (Å²) >= 11 is 0. The van der Waals surface area contributed by atoms with Crippen molar-refractivity contribution in [1.82, 2.24) is 14.7 Å². The fourth-order valence-electron chi connectivity index (χ4n) is 5.66. The summed E-state index contributed by atoms with van der Waals surface area (Å²) in [5, 5.41) is 12.8. The molecule has 0 spiro atoms. The first kappa shape index (κ1) is 34.7. The van der Waals surface area contributed by atoms with E-state index in [2.05, 4.69) is 10.1 Å². The summed E-state index contributed by atoms with van der Waals surface area (Å²) in [7, 11) is 0. The van der Waals surface area contributed by atoms with Gasteiger partial charge in [-0.3, -0.25) is 9.89 Å². The number of ether oxygens (including phenoxy) is 1. The van der Waals surface area contributed by atoms with Crippen LogP contribution in [0.15, 0.2) is 78.0 Å². The predicted octanol–water partition coefficient (Wildman–Crippen LogP) is 8.05. The minimum absolute atomic E-state index is 0.0556. The van der Waals surface area contributed by atoms with Crippen LogP contribution < -0.4 is 4.74 Å². The number of carboxylic acid groups (broad SMARTS) is 1. The highest BCUT2D eigenvalue weighted by molar-refractivity contribution is 6.11. The second kappa shape index (κ2) is 13.5. The summed E-state index contributed by atoms with van der Waals surface area (Å²) in [5.41, 5.74) is -2.63. The summed E-state index contributed by atoms with van der Waals surface area (Å²) < 4.78 is 127. The van der Waals surface area contributed by atoms with E-state index in [1.165, 1.54) is 18.2 Å². The second-order valence-corrected chi connectivity index (χ2v) is 11.2. The summed E-state index contributed by atoms with van der Waals surface area (Å²) in [6.45, 7) is 0.988. The number of carboxylic acids is 1. The predicted molar refractivity (Wildman–Crippen MR) is 155 cm³/mol. The van der Waals surface area contributed by atoms with Crippen LogP contribution in [0.4, 0.5) is 39.5 Å². The molecule has 5 rings (SSSR count). The molecule has 1 saturated heterocycles. The molecule has 7 nitrogen and oxygen atoms in total. The molecule has 0 saturated carbocycles. The first-order valence-corrected chi connectivity index (χ1v) is 14.5. The molecule has 0 radical (unpaired) electrons. The maximum absolute atomic E-state index is 14.1. The normalized spacial score (nSPS) is 19.2. The van der Waals surface area contributed by atoms with Crippen LogP contribution in [0.3, 0.4) is 0 Å². The van der Waals surface area contributed by atoms with Gasteiger partial charge in [0, 0.05) is 31.1 Å². The van der Waals surface area contributed by atoms with E-state index in [1.54, 1.807) is 24.3 Å². The zero-order valence-electron chi connectivity index (χ0n) is 24.8. The van der Waals surface area contributed by atoms with Gasteiger partial charge in [-0.2, -0.15) is 44.6 Å². The maximum atomic E-state index is 14.1. The van der Waals surface area contributed by atoms with Crippen LogP contribution in [0.1, 0.15) is 63.2 Å². The van der Waals surface area contributed by atoms with E-state index in [9.17, 15) is 49.4 Å². The number of aromatic nitrogens is 2. The highest BCUT2D eigenvalue weighted by atomic mass is 19.4. The van der Waals surface area contributed by atoms with Crippen LogP contribution >= 0.6 is 0 Å². The van der Waals surface area contributed by atoms with Crippen LogP contribution in [0.2, 0.25) is 0 Å². The fraction of sp³-hybridized carbons (Fsp3) is 0.344. The lowest BCUT2D eigenvalue weighted by molar-refractivity contribution is -0.145. The van der Waals surface area contributed by atoms with Crippen LogP contribution in [0.25, 0.3) is 0 Å². The molecule has 0 amide bonds. The number of aliphatic imine (C=N–C) groups is 1. The van der Waals surface area contributed by atoms with Gasteiger partial charge < -0.3 is 9.84 Å². The van der Waals surface area contributed by atoms with Crippen molar-refractivity contribution in [2.45, 2.75) is 50.1 Å². The van der Waals surface area contributed by atoms with Gasteiger partial charge in [0.25, 0.3) is 0 Å². The quantitative estimate of drug-likeness (QED) is 0.182. The van der Waals surface area contributed by atoms with Crippen LogP contribution in [-0.4, -0.2) is 57.3 Å². The number of aromatic carboxylic acids is 1. The Labute approximate surface area is 267 Å². The third kappa shape index (κ3) is 8.09. The maximum Gasteiger partial charge on any atom is 0.434 e. The number of benzene rings is 2. The molecule has 16 heteroatoms. The molecule has 3 heterocycles. The summed E-state index contributed by atoms with van der Waals surface area (Å²) in [5.74, 6) is -2.40. The van der Waals surface area contributed by atoms with E-state index in [0.717, 1.165) is 30.2 Å². The number of hydrogen-bond acceptors (Lipinski definition) is 5. The zero-order valence-corrected chi connectivity index (χ0v) is 24.8. The molecule has 2 atom stereocenters. The van der Waals surface area contributed by atoms with Crippen molar-refractivity contribution in [1.29, 1.82) is 0 Å². The van der Waals surface area contributed by atoms with Gasteiger partial charge in [0.2, 0.25) is 0 Å². The summed E-state index contributed by atoms with van der Waals surface area (Å²) in [4.78, 5) is 17.5. The Hall–Kier alpha value is -4.60. The second-order valence-electron chi connectivity index (χ2n) is 11.2. The third-order valence-electron chi connectivity index (χ3n) is 7.86. The largest absolute Gasteiger partial charge is 0.488 e. The molecule has 1 fully saturated rings. The Morgan fingerprint density at radius 1 is 1.00 bits per heavy atom. The number of dihydropyridines is 1. The Balaban J connectivity index is 1.36.